The molecule has 0 aliphatic heterocycles. The standard InChI is InChI=1S/C17H15N5/c1-22(2)14-7-5-12(6-8-14)10-13(11-18)16-20-15-4-3-9-19-17(15)21-16/h3-10H,1-2H3,(H,19,20,21)/b13-10-. The number of anilines is 1. The van der Waals surface area contributed by atoms with Gasteiger partial charge in [-0.15, -0.1) is 0 Å². The summed E-state index contributed by atoms with van der Waals surface area (Å²) in [7, 11) is 3.99. The highest BCUT2D eigenvalue weighted by molar-refractivity contribution is 5.89. The smallest absolute Gasteiger partial charge is 0.178 e. The molecule has 0 unspecified atom stereocenters. The highest BCUT2D eigenvalue weighted by Crippen LogP contribution is 2.19. The van der Waals surface area contributed by atoms with Gasteiger partial charge in [-0.3, -0.25) is 0 Å². The van der Waals surface area contributed by atoms with E-state index in [1.807, 2.05) is 61.5 Å². The first-order valence-electron chi connectivity index (χ1n) is 6.87. The van der Waals surface area contributed by atoms with Crippen molar-refractivity contribution in [3.63, 3.8) is 0 Å². The van der Waals surface area contributed by atoms with Crippen LogP contribution in [0.4, 0.5) is 5.69 Å². The molecule has 0 atom stereocenters. The summed E-state index contributed by atoms with van der Waals surface area (Å²) >= 11 is 0. The lowest BCUT2D eigenvalue weighted by molar-refractivity contribution is 1.13. The fraction of sp³-hybridized carbons (Fsp3) is 0.118. The number of rotatable bonds is 3. The van der Waals surface area contributed by atoms with Gasteiger partial charge in [-0.2, -0.15) is 5.26 Å². The molecule has 0 amide bonds. The number of hydrogen-bond acceptors (Lipinski definition) is 4. The number of nitriles is 1. The number of allylic oxidation sites excluding steroid dienone is 1. The average molecular weight is 289 g/mol. The first-order chi connectivity index (χ1) is 10.7. The van der Waals surface area contributed by atoms with Crippen LogP contribution in [0.1, 0.15) is 11.4 Å². The van der Waals surface area contributed by atoms with Gasteiger partial charge in [0.05, 0.1) is 11.1 Å². The van der Waals surface area contributed by atoms with Gasteiger partial charge in [-0.05, 0) is 35.9 Å². The highest BCUT2D eigenvalue weighted by atomic mass is 15.1. The third-order valence-electron chi connectivity index (χ3n) is 3.35. The van der Waals surface area contributed by atoms with E-state index in [-0.39, 0.29) is 0 Å². The quantitative estimate of drug-likeness (QED) is 0.752. The molecular formula is C17H15N5. The van der Waals surface area contributed by atoms with Crippen molar-refractivity contribution < 1.29 is 0 Å². The number of aromatic amines is 1. The summed E-state index contributed by atoms with van der Waals surface area (Å²) in [5, 5.41) is 9.40. The molecule has 0 fully saturated rings. The number of imidazole rings is 1. The lowest BCUT2D eigenvalue weighted by atomic mass is 10.1. The highest BCUT2D eigenvalue weighted by Gasteiger charge is 2.08. The second kappa shape index (κ2) is 5.70. The molecule has 3 rings (SSSR count). The molecule has 2 aromatic heterocycles. The van der Waals surface area contributed by atoms with Crippen molar-refractivity contribution in [3.05, 3.63) is 54.0 Å². The molecule has 5 nitrogen and oxygen atoms in total. The van der Waals surface area contributed by atoms with Crippen LogP contribution in [0.15, 0.2) is 42.6 Å². The Kier molecular flexibility index (Phi) is 3.58. The van der Waals surface area contributed by atoms with Crippen LogP contribution >= 0.6 is 0 Å². The van der Waals surface area contributed by atoms with Crippen molar-refractivity contribution in [1.29, 1.82) is 5.26 Å². The van der Waals surface area contributed by atoms with Crippen molar-refractivity contribution in [2.24, 2.45) is 0 Å². The molecule has 1 aromatic carbocycles. The van der Waals surface area contributed by atoms with E-state index in [2.05, 4.69) is 21.0 Å². The van der Waals surface area contributed by atoms with E-state index in [1.165, 1.54) is 0 Å². The molecule has 0 radical (unpaired) electrons. The van der Waals surface area contributed by atoms with Crippen LogP contribution in [0.3, 0.4) is 0 Å². The predicted octanol–water partition coefficient (Wildman–Crippen LogP) is 3.09. The topological polar surface area (TPSA) is 68.6 Å². The maximum absolute atomic E-state index is 9.40. The fourth-order valence-electron chi connectivity index (χ4n) is 2.16. The van der Waals surface area contributed by atoms with Gasteiger partial charge in [0.15, 0.2) is 11.5 Å². The molecule has 0 aliphatic rings. The van der Waals surface area contributed by atoms with Crippen LogP contribution in [0.5, 0.6) is 0 Å². The zero-order chi connectivity index (χ0) is 15.5. The first-order valence-corrected chi connectivity index (χ1v) is 6.87. The molecule has 108 valence electrons. The van der Waals surface area contributed by atoms with E-state index >= 15 is 0 Å². The van der Waals surface area contributed by atoms with Crippen LogP contribution in [-0.2, 0) is 0 Å². The molecule has 1 N–H and O–H groups in total. The zero-order valence-electron chi connectivity index (χ0n) is 12.4. The minimum Gasteiger partial charge on any atom is -0.378 e. The Hall–Kier alpha value is -3.13. The summed E-state index contributed by atoms with van der Waals surface area (Å²) in [4.78, 5) is 13.7. The third kappa shape index (κ3) is 2.67. The van der Waals surface area contributed by atoms with Gasteiger partial charge >= 0.3 is 0 Å². The van der Waals surface area contributed by atoms with Crippen molar-refractivity contribution in [1.82, 2.24) is 15.0 Å². The van der Waals surface area contributed by atoms with Crippen LogP contribution in [0, 0.1) is 11.3 Å². The average Bonchev–Trinajstić information content (AvgIpc) is 2.96. The van der Waals surface area contributed by atoms with E-state index in [9.17, 15) is 5.26 Å². The van der Waals surface area contributed by atoms with Gasteiger partial charge in [-0.25, -0.2) is 9.97 Å². The molecule has 22 heavy (non-hydrogen) atoms. The lowest BCUT2D eigenvalue weighted by Crippen LogP contribution is -2.07. The summed E-state index contributed by atoms with van der Waals surface area (Å²) in [5.41, 5.74) is 3.98. The van der Waals surface area contributed by atoms with Crippen LogP contribution < -0.4 is 4.90 Å². The maximum atomic E-state index is 9.40. The summed E-state index contributed by atoms with van der Waals surface area (Å²) in [6, 6.07) is 13.9. The Bertz CT molecular complexity index is 833. The van der Waals surface area contributed by atoms with Crippen molar-refractivity contribution >= 4 is 28.5 Å². The number of nitrogens with one attached hydrogen (secondary N) is 1. The van der Waals surface area contributed by atoms with Crippen molar-refractivity contribution in [3.8, 4) is 6.07 Å². The number of H-pyrrole nitrogens is 1. The second-order valence-electron chi connectivity index (χ2n) is 5.12. The normalized spacial score (nSPS) is 11.4. The maximum Gasteiger partial charge on any atom is 0.178 e. The molecular weight excluding hydrogens is 274 g/mol. The molecule has 5 heteroatoms. The first kappa shape index (κ1) is 13.8. The SMILES string of the molecule is CN(C)c1ccc(/C=C(/C#N)c2nc3ncccc3[nH]2)cc1. The van der Waals surface area contributed by atoms with Crippen molar-refractivity contribution in [2.75, 3.05) is 19.0 Å². The van der Waals surface area contributed by atoms with E-state index < -0.39 is 0 Å². The van der Waals surface area contributed by atoms with Gasteiger partial charge in [0.2, 0.25) is 0 Å². The Morgan fingerprint density at radius 2 is 2.00 bits per heavy atom. The van der Waals surface area contributed by atoms with Crippen LogP contribution in [0.25, 0.3) is 22.8 Å². The number of pyridine rings is 1. The fourth-order valence-corrected chi connectivity index (χ4v) is 2.16. The molecule has 0 saturated carbocycles. The number of benzene rings is 1. The van der Waals surface area contributed by atoms with Gasteiger partial charge in [0, 0.05) is 26.0 Å². The molecule has 0 bridgehead atoms. The number of hydrogen-bond donors (Lipinski definition) is 1. The number of nitrogens with zero attached hydrogens (tertiary/aromatic N) is 4. The largest absolute Gasteiger partial charge is 0.378 e. The molecule has 0 saturated heterocycles. The van der Waals surface area contributed by atoms with Gasteiger partial charge < -0.3 is 9.88 Å². The summed E-state index contributed by atoms with van der Waals surface area (Å²) < 4.78 is 0. The van der Waals surface area contributed by atoms with Crippen LogP contribution in [0.2, 0.25) is 0 Å². The van der Waals surface area contributed by atoms with E-state index in [0.29, 0.717) is 17.0 Å². The summed E-state index contributed by atoms with van der Waals surface area (Å²) in [6.07, 6.45) is 3.50. The van der Waals surface area contributed by atoms with E-state index in [1.54, 1.807) is 6.20 Å². The zero-order valence-corrected chi connectivity index (χ0v) is 12.4. The molecule has 0 spiro atoms. The van der Waals surface area contributed by atoms with Crippen molar-refractivity contribution in [2.45, 2.75) is 0 Å². The molecule has 3 aromatic rings. The summed E-state index contributed by atoms with van der Waals surface area (Å²) in [6.45, 7) is 0. The Balaban J connectivity index is 1.97. The minimum absolute atomic E-state index is 0.482. The van der Waals surface area contributed by atoms with Gasteiger partial charge in [-0.1, -0.05) is 12.1 Å². The van der Waals surface area contributed by atoms with Gasteiger partial charge in [0.25, 0.3) is 0 Å². The Morgan fingerprint density at radius 1 is 1.23 bits per heavy atom. The summed E-state index contributed by atoms with van der Waals surface area (Å²) in [5.74, 6) is 0.535. The Labute approximate surface area is 128 Å². The predicted molar refractivity (Wildman–Crippen MR) is 88.1 cm³/mol. The van der Waals surface area contributed by atoms with E-state index in [4.69, 9.17) is 0 Å². The monoisotopic (exact) mass is 289 g/mol. The number of aromatic nitrogens is 3. The second-order valence-corrected chi connectivity index (χ2v) is 5.12. The van der Waals surface area contributed by atoms with E-state index in [0.717, 1.165) is 16.8 Å². The lowest BCUT2D eigenvalue weighted by Gasteiger charge is -2.11. The molecule has 2 heterocycles. The Morgan fingerprint density at radius 3 is 2.64 bits per heavy atom. The van der Waals surface area contributed by atoms with Gasteiger partial charge in [0.1, 0.15) is 6.07 Å². The number of fused-ring (bicyclic) bond motifs is 1. The molecule has 0 aliphatic carbocycles. The minimum atomic E-state index is 0.482. The van der Waals surface area contributed by atoms with Crippen LogP contribution in [-0.4, -0.2) is 29.0 Å². The third-order valence-corrected chi connectivity index (χ3v) is 3.35.